The predicted molar refractivity (Wildman–Crippen MR) is 44.9 cm³/mol. The smallest absolute Gasteiger partial charge is 0.111 e. The number of aliphatic hydroxyl groups excluding tert-OH is 1. The van der Waals surface area contributed by atoms with Gasteiger partial charge in [-0.25, -0.2) is 0 Å². The van der Waals surface area contributed by atoms with Gasteiger partial charge in [0, 0.05) is 0 Å². The van der Waals surface area contributed by atoms with Crippen LogP contribution in [0.1, 0.15) is 6.92 Å². The summed E-state index contributed by atoms with van der Waals surface area (Å²) in [6.07, 6.45) is 7.02. The van der Waals surface area contributed by atoms with Gasteiger partial charge in [-0.2, -0.15) is 0 Å². The van der Waals surface area contributed by atoms with Crippen molar-refractivity contribution >= 4 is 0 Å². The second kappa shape index (κ2) is 4.62. The van der Waals surface area contributed by atoms with Crippen molar-refractivity contribution in [3.63, 3.8) is 0 Å². The molecule has 0 radical (unpaired) electrons. The molecule has 1 nitrogen and oxygen atoms in total. The Bertz CT molecular complexity index is 185. The van der Waals surface area contributed by atoms with Gasteiger partial charge < -0.3 is 5.11 Å². The predicted octanol–water partition coefficient (Wildman–Crippen LogP) is 2.75. The van der Waals surface area contributed by atoms with Crippen LogP contribution in [0.5, 0.6) is 0 Å². The molecule has 0 aromatic heterocycles. The molecule has 0 aliphatic rings. The van der Waals surface area contributed by atoms with Gasteiger partial charge in [0.25, 0.3) is 0 Å². The summed E-state index contributed by atoms with van der Waals surface area (Å²) >= 11 is 0. The highest BCUT2D eigenvalue weighted by molar-refractivity contribution is 5.25. The first-order valence-corrected chi connectivity index (χ1v) is 3.02. The molecular weight excluding hydrogens is 124 g/mol. The Morgan fingerprint density at radius 2 is 2.00 bits per heavy atom. The molecule has 0 unspecified atom stereocenters. The van der Waals surface area contributed by atoms with Crippen LogP contribution in [0.2, 0.25) is 0 Å². The molecule has 0 amide bonds. The summed E-state index contributed by atoms with van der Waals surface area (Å²) in [6.45, 7) is 8.65. The van der Waals surface area contributed by atoms with Crippen molar-refractivity contribution in [3.8, 4) is 0 Å². The van der Waals surface area contributed by atoms with Crippen molar-refractivity contribution in [2.24, 2.45) is 0 Å². The zero-order valence-corrected chi connectivity index (χ0v) is 6.17. The average Bonchev–Trinajstić information content (AvgIpc) is 1.88. The fourth-order valence-electron chi connectivity index (χ4n) is 0.375. The summed E-state index contributed by atoms with van der Waals surface area (Å²) in [6, 6.07) is 0. The molecule has 1 heteroatoms. The molecule has 0 atom stereocenters. The minimum absolute atomic E-state index is 0.105. The first-order chi connectivity index (χ1) is 4.68. The fraction of sp³-hybridized carbons (Fsp3) is 0.111. The molecule has 0 aliphatic carbocycles. The Balaban J connectivity index is 4.04. The van der Waals surface area contributed by atoms with Gasteiger partial charge in [-0.1, -0.05) is 37.5 Å². The lowest BCUT2D eigenvalue weighted by Crippen LogP contribution is -1.77. The van der Waals surface area contributed by atoms with Crippen LogP contribution in [-0.4, -0.2) is 5.11 Å². The van der Waals surface area contributed by atoms with E-state index in [4.69, 9.17) is 5.11 Å². The molecule has 0 bridgehead atoms. The van der Waals surface area contributed by atoms with Gasteiger partial charge in [0.2, 0.25) is 0 Å². The summed E-state index contributed by atoms with van der Waals surface area (Å²) in [5, 5.41) is 8.80. The lowest BCUT2D eigenvalue weighted by molar-refractivity contribution is 0.426. The molecule has 0 spiro atoms. The van der Waals surface area contributed by atoms with Crippen LogP contribution < -0.4 is 0 Å². The van der Waals surface area contributed by atoms with Gasteiger partial charge in [-0.05, 0) is 12.5 Å². The quantitative estimate of drug-likeness (QED) is 0.467. The van der Waals surface area contributed by atoms with E-state index < -0.39 is 0 Å². The van der Waals surface area contributed by atoms with Crippen molar-refractivity contribution in [3.05, 3.63) is 48.8 Å². The Labute approximate surface area is 61.7 Å². The molecule has 10 heavy (non-hydrogen) atoms. The largest absolute Gasteiger partial charge is 0.508 e. The second-order valence-corrected chi connectivity index (χ2v) is 1.92. The molecule has 0 heterocycles. The summed E-state index contributed by atoms with van der Waals surface area (Å²) in [4.78, 5) is 0. The molecule has 0 aliphatic heterocycles. The average molecular weight is 136 g/mol. The van der Waals surface area contributed by atoms with E-state index in [-0.39, 0.29) is 5.76 Å². The Kier molecular flexibility index (Phi) is 4.05. The zero-order valence-electron chi connectivity index (χ0n) is 6.17. The van der Waals surface area contributed by atoms with Crippen LogP contribution >= 0.6 is 0 Å². The van der Waals surface area contributed by atoms with E-state index in [2.05, 4.69) is 13.2 Å². The molecule has 0 saturated heterocycles. The number of hydrogen-bond acceptors (Lipinski definition) is 1. The van der Waals surface area contributed by atoms with Crippen molar-refractivity contribution in [2.75, 3.05) is 0 Å². The monoisotopic (exact) mass is 136 g/mol. The maximum Gasteiger partial charge on any atom is 0.111 e. The summed E-state index contributed by atoms with van der Waals surface area (Å²) in [5.41, 5.74) is 0.762. The molecule has 0 fully saturated rings. The highest BCUT2D eigenvalue weighted by Gasteiger charge is 1.86. The minimum Gasteiger partial charge on any atom is -0.508 e. The Morgan fingerprint density at radius 1 is 1.40 bits per heavy atom. The fourth-order valence-corrected chi connectivity index (χ4v) is 0.375. The molecular formula is C9H12O. The summed E-state index contributed by atoms with van der Waals surface area (Å²) < 4.78 is 0. The highest BCUT2D eigenvalue weighted by atomic mass is 16.3. The highest BCUT2D eigenvalue weighted by Crippen LogP contribution is 2.01. The third-order valence-corrected chi connectivity index (χ3v) is 1.05. The van der Waals surface area contributed by atoms with E-state index in [1.165, 1.54) is 0 Å². The van der Waals surface area contributed by atoms with Crippen LogP contribution in [-0.2, 0) is 0 Å². The molecule has 54 valence electrons. The van der Waals surface area contributed by atoms with Gasteiger partial charge >= 0.3 is 0 Å². The van der Waals surface area contributed by atoms with Crippen molar-refractivity contribution in [1.29, 1.82) is 0 Å². The summed E-state index contributed by atoms with van der Waals surface area (Å²) in [5.74, 6) is 0.105. The van der Waals surface area contributed by atoms with Crippen LogP contribution in [0.4, 0.5) is 0 Å². The van der Waals surface area contributed by atoms with Gasteiger partial charge in [0.05, 0.1) is 0 Å². The van der Waals surface area contributed by atoms with Gasteiger partial charge in [0.1, 0.15) is 5.76 Å². The van der Waals surface area contributed by atoms with Gasteiger partial charge in [-0.15, -0.1) is 0 Å². The topological polar surface area (TPSA) is 20.2 Å². The van der Waals surface area contributed by atoms with Gasteiger partial charge in [-0.3, -0.25) is 0 Å². The van der Waals surface area contributed by atoms with Crippen LogP contribution in [0.3, 0.4) is 0 Å². The molecule has 0 aromatic carbocycles. The van der Waals surface area contributed by atoms with E-state index in [0.29, 0.717) is 0 Å². The van der Waals surface area contributed by atoms with E-state index in [0.717, 1.165) is 5.57 Å². The van der Waals surface area contributed by atoms with Crippen molar-refractivity contribution in [1.82, 2.24) is 0 Å². The minimum atomic E-state index is 0.105. The zero-order chi connectivity index (χ0) is 7.98. The third-order valence-electron chi connectivity index (χ3n) is 1.05. The van der Waals surface area contributed by atoms with Gasteiger partial charge in [0.15, 0.2) is 0 Å². The van der Waals surface area contributed by atoms with Crippen LogP contribution in [0.25, 0.3) is 0 Å². The lowest BCUT2D eigenvalue weighted by Gasteiger charge is -1.92. The van der Waals surface area contributed by atoms with Crippen molar-refractivity contribution < 1.29 is 5.11 Å². The van der Waals surface area contributed by atoms with E-state index in [9.17, 15) is 0 Å². The maximum atomic E-state index is 8.80. The Morgan fingerprint density at radius 3 is 2.40 bits per heavy atom. The van der Waals surface area contributed by atoms with E-state index in [1.807, 2.05) is 0 Å². The third kappa shape index (κ3) is 3.72. The van der Waals surface area contributed by atoms with Crippen LogP contribution in [0.15, 0.2) is 48.8 Å². The Hall–Kier alpha value is -1.24. The van der Waals surface area contributed by atoms with E-state index >= 15 is 0 Å². The number of allylic oxidation sites excluding steroid dienone is 5. The molecule has 1 N–H and O–H groups in total. The number of hydrogen-bond donors (Lipinski definition) is 1. The maximum absolute atomic E-state index is 8.80. The molecule has 0 rings (SSSR count). The normalized spacial score (nSPS) is 11.9. The van der Waals surface area contributed by atoms with Crippen molar-refractivity contribution in [2.45, 2.75) is 6.92 Å². The number of aliphatic hydroxyl groups is 1. The first kappa shape index (κ1) is 8.76. The SMILES string of the molecule is C=C/C=C\C=C(/C)C(=C)O. The van der Waals surface area contributed by atoms with E-state index in [1.54, 1.807) is 31.2 Å². The standard InChI is InChI=1S/C9H12O/c1-4-5-6-7-8(2)9(3)10/h4-7,10H,1,3H2,2H3/b6-5-,8-7+. The lowest BCUT2D eigenvalue weighted by atomic mass is 10.2. The second-order valence-electron chi connectivity index (χ2n) is 1.92. The number of rotatable bonds is 3. The molecule has 0 aromatic rings. The van der Waals surface area contributed by atoms with Crippen LogP contribution in [0, 0.1) is 0 Å². The first-order valence-electron chi connectivity index (χ1n) is 3.02. The summed E-state index contributed by atoms with van der Waals surface area (Å²) in [7, 11) is 0. The molecule has 0 saturated carbocycles.